The summed E-state index contributed by atoms with van der Waals surface area (Å²) in [5.74, 6) is 2.01. The summed E-state index contributed by atoms with van der Waals surface area (Å²) in [5.41, 5.74) is 15.9. The Morgan fingerprint density at radius 1 is 0.440 bits per heavy atom. The lowest BCUT2D eigenvalue weighted by molar-refractivity contribution is 0.662. The molecule has 50 heavy (non-hydrogen) atoms. The second-order valence-electron chi connectivity index (χ2n) is 14.0. The summed E-state index contributed by atoms with van der Waals surface area (Å²) < 4.78 is 0. The van der Waals surface area contributed by atoms with E-state index in [1.807, 2.05) is 18.2 Å². The van der Waals surface area contributed by atoms with Gasteiger partial charge in [0, 0.05) is 22.1 Å². The highest BCUT2D eigenvalue weighted by atomic mass is 15.0. The van der Waals surface area contributed by atoms with Crippen molar-refractivity contribution in [3.63, 3.8) is 0 Å². The van der Waals surface area contributed by atoms with Crippen LogP contribution in [-0.2, 0) is 11.8 Å². The highest BCUT2D eigenvalue weighted by Crippen LogP contribution is 2.57. The Hall–Kier alpha value is -6.19. The van der Waals surface area contributed by atoms with Crippen molar-refractivity contribution in [3.8, 4) is 67.5 Å². The van der Waals surface area contributed by atoms with Gasteiger partial charge >= 0.3 is 0 Å². The number of hydrogen-bond acceptors (Lipinski definition) is 3. The van der Waals surface area contributed by atoms with Gasteiger partial charge in [-0.25, -0.2) is 15.0 Å². The minimum atomic E-state index is -0.186. The molecule has 2 aliphatic carbocycles. The molecule has 1 heterocycles. The van der Waals surface area contributed by atoms with Gasteiger partial charge in [0.05, 0.1) is 0 Å². The Labute approximate surface area is 292 Å². The second-order valence-corrected chi connectivity index (χ2v) is 14.0. The summed E-state index contributed by atoms with van der Waals surface area (Å²) >= 11 is 0. The van der Waals surface area contributed by atoms with Crippen molar-refractivity contribution in [1.82, 2.24) is 15.0 Å². The minimum Gasteiger partial charge on any atom is -0.208 e. The minimum absolute atomic E-state index is 0.186. The molecule has 0 atom stereocenters. The van der Waals surface area contributed by atoms with Crippen LogP contribution in [0.1, 0.15) is 36.1 Å². The molecule has 7 aromatic carbocycles. The van der Waals surface area contributed by atoms with E-state index < -0.39 is 0 Å². The first kappa shape index (κ1) is 28.8. The fourth-order valence-electron chi connectivity index (χ4n) is 8.41. The third-order valence-corrected chi connectivity index (χ3v) is 10.7. The van der Waals surface area contributed by atoms with Crippen LogP contribution in [-0.4, -0.2) is 15.0 Å². The molecule has 0 N–H and O–H groups in total. The molecule has 10 rings (SSSR count). The number of aromatic nitrogens is 3. The smallest absolute Gasteiger partial charge is 0.164 e. The van der Waals surface area contributed by atoms with Crippen LogP contribution < -0.4 is 0 Å². The van der Waals surface area contributed by atoms with Gasteiger partial charge in [0.2, 0.25) is 0 Å². The van der Waals surface area contributed by atoms with E-state index in [9.17, 15) is 0 Å². The molecule has 0 bridgehead atoms. The molecule has 0 unspecified atom stereocenters. The lowest BCUT2D eigenvalue weighted by Crippen LogP contribution is -2.16. The van der Waals surface area contributed by atoms with Gasteiger partial charge in [-0.05, 0) is 78.9 Å². The van der Waals surface area contributed by atoms with Gasteiger partial charge in [-0.3, -0.25) is 0 Å². The third-order valence-electron chi connectivity index (χ3n) is 10.7. The second kappa shape index (κ2) is 10.9. The van der Waals surface area contributed by atoms with E-state index in [0.29, 0.717) is 17.5 Å². The molecule has 2 aliphatic rings. The van der Waals surface area contributed by atoms with Crippen molar-refractivity contribution in [1.29, 1.82) is 0 Å². The fraction of sp³-hybridized carbons (Fsp3) is 0.0851. The van der Waals surface area contributed by atoms with Crippen molar-refractivity contribution in [2.24, 2.45) is 0 Å². The molecule has 0 amide bonds. The normalized spacial score (nSPS) is 13.5. The average molecular weight is 640 g/mol. The van der Waals surface area contributed by atoms with Crippen LogP contribution in [0.3, 0.4) is 0 Å². The van der Waals surface area contributed by atoms with E-state index >= 15 is 0 Å². The molecular weight excluding hydrogens is 607 g/mol. The molecule has 0 saturated heterocycles. The van der Waals surface area contributed by atoms with Gasteiger partial charge in [-0.15, -0.1) is 0 Å². The Morgan fingerprint density at radius 2 is 1.08 bits per heavy atom. The summed E-state index contributed by atoms with van der Waals surface area (Å²) in [6.07, 6.45) is 0.979. The van der Waals surface area contributed by atoms with Gasteiger partial charge < -0.3 is 0 Å². The molecular formula is C47H33N3. The van der Waals surface area contributed by atoms with Gasteiger partial charge in [0.15, 0.2) is 17.5 Å². The zero-order valence-electron chi connectivity index (χ0n) is 28.0. The molecule has 3 nitrogen and oxygen atoms in total. The van der Waals surface area contributed by atoms with Crippen LogP contribution >= 0.6 is 0 Å². The molecule has 1 aromatic heterocycles. The summed E-state index contributed by atoms with van der Waals surface area (Å²) in [6.45, 7) is 4.74. The average Bonchev–Trinajstić information content (AvgIpc) is 3.66. The van der Waals surface area contributed by atoms with Crippen molar-refractivity contribution in [2.45, 2.75) is 25.7 Å². The first-order chi connectivity index (χ1) is 24.5. The number of benzene rings is 7. The van der Waals surface area contributed by atoms with E-state index in [0.717, 1.165) is 28.7 Å². The summed E-state index contributed by atoms with van der Waals surface area (Å²) in [6, 6.07) is 54.1. The molecule has 0 radical (unpaired) electrons. The first-order valence-corrected chi connectivity index (χ1v) is 17.3. The van der Waals surface area contributed by atoms with Crippen LogP contribution in [0.5, 0.6) is 0 Å². The molecule has 0 aliphatic heterocycles. The number of rotatable bonds is 4. The Balaban J connectivity index is 1.18. The maximum Gasteiger partial charge on any atom is 0.164 e. The van der Waals surface area contributed by atoms with Crippen molar-refractivity contribution in [2.75, 3.05) is 0 Å². The SMILES string of the molecule is CC1(C)c2cccc(-c3nc(-c4ccccc4)nc(-c4cccc(-c5cccc6ccccc56)c4)n3)c2-c2ccc3c(c21)-c1ccccc1C3. The molecule has 0 saturated carbocycles. The van der Waals surface area contributed by atoms with Crippen molar-refractivity contribution < 1.29 is 0 Å². The van der Waals surface area contributed by atoms with Crippen LogP contribution in [0.4, 0.5) is 0 Å². The zero-order valence-corrected chi connectivity index (χ0v) is 28.0. The lowest BCUT2D eigenvalue weighted by Gasteiger charge is -2.24. The summed E-state index contributed by atoms with van der Waals surface area (Å²) in [5, 5.41) is 2.45. The summed E-state index contributed by atoms with van der Waals surface area (Å²) in [4.78, 5) is 15.6. The van der Waals surface area contributed by atoms with E-state index in [1.165, 1.54) is 60.8 Å². The van der Waals surface area contributed by atoms with Gasteiger partial charge in [-0.1, -0.05) is 159 Å². The van der Waals surface area contributed by atoms with Gasteiger partial charge in [-0.2, -0.15) is 0 Å². The predicted molar refractivity (Wildman–Crippen MR) is 205 cm³/mol. The van der Waals surface area contributed by atoms with Gasteiger partial charge in [0.1, 0.15) is 0 Å². The Bertz CT molecular complexity index is 2650. The quantitative estimate of drug-likeness (QED) is 0.192. The fourth-order valence-corrected chi connectivity index (χ4v) is 8.41. The Morgan fingerprint density at radius 3 is 1.98 bits per heavy atom. The van der Waals surface area contributed by atoms with E-state index in [4.69, 9.17) is 15.0 Å². The maximum atomic E-state index is 5.28. The highest BCUT2D eigenvalue weighted by molar-refractivity contribution is 5.98. The molecule has 0 spiro atoms. The topological polar surface area (TPSA) is 38.7 Å². The number of hydrogen-bond donors (Lipinski definition) is 0. The predicted octanol–water partition coefficient (Wildman–Crippen LogP) is 11.6. The van der Waals surface area contributed by atoms with Gasteiger partial charge in [0.25, 0.3) is 0 Å². The van der Waals surface area contributed by atoms with Crippen LogP contribution in [0, 0.1) is 0 Å². The zero-order chi connectivity index (χ0) is 33.4. The molecule has 236 valence electrons. The van der Waals surface area contributed by atoms with Crippen LogP contribution in [0.2, 0.25) is 0 Å². The van der Waals surface area contributed by atoms with E-state index in [1.54, 1.807) is 0 Å². The molecule has 0 fully saturated rings. The summed E-state index contributed by atoms with van der Waals surface area (Å²) in [7, 11) is 0. The standard InChI is InChI=1S/C47H33N3/c1-47(2)40-24-12-23-39(42(40)38-26-25-33-27-32-16-7-9-21-37(32)41(33)43(38)47)46-49-44(30-14-4-3-5-15-30)48-45(50-46)34-19-10-18-31(28-34)36-22-11-17-29-13-6-8-20-35(29)36/h3-26,28H,27H2,1-2H3. The van der Waals surface area contributed by atoms with Crippen LogP contribution in [0.15, 0.2) is 152 Å². The van der Waals surface area contributed by atoms with Crippen molar-refractivity contribution >= 4 is 10.8 Å². The monoisotopic (exact) mass is 639 g/mol. The third kappa shape index (κ3) is 4.33. The highest BCUT2D eigenvalue weighted by Gasteiger charge is 2.41. The largest absolute Gasteiger partial charge is 0.208 e. The van der Waals surface area contributed by atoms with E-state index in [2.05, 4.69) is 147 Å². The molecule has 3 heteroatoms. The lowest BCUT2D eigenvalue weighted by atomic mass is 9.78. The number of fused-ring (bicyclic) bond motifs is 8. The van der Waals surface area contributed by atoms with Crippen molar-refractivity contribution in [3.05, 3.63) is 174 Å². The van der Waals surface area contributed by atoms with E-state index in [-0.39, 0.29) is 5.41 Å². The molecule has 8 aromatic rings. The maximum absolute atomic E-state index is 5.28. The number of nitrogens with zero attached hydrogens (tertiary/aromatic N) is 3. The Kier molecular flexibility index (Phi) is 6.28. The first-order valence-electron chi connectivity index (χ1n) is 17.3. The van der Waals surface area contributed by atoms with Crippen LogP contribution in [0.25, 0.3) is 78.3 Å².